The molecule has 0 unspecified atom stereocenters. The van der Waals surface area contributed by atoms with Gasteiger partial charge in [-0.2, -0.15) is 0 Å². The van der Waals surface area contributed by atoms with Crippen LogP contribution >= 0.6 is 15.2 Å². The Morgan fingerprint density at radius 1 is 0.947 bits per heavy atom. The fourth-order valence-electron chi connectivity index (χ4n) is 1.44. The van der Waals surface area contributed by atoms with Gasteiger partial charge >= 0.3 is 27.1 Å². The van der Waals surface area contributed by atoms with E-state index in [2.05, 4.69) is 0 Å². The summed E-state index contributed by atoms with van der Waals surface area (Å²) < 4.78 is 22.4. The van der Waals surface area contributed by atoms with Gasteiger partial charge in [0, 0.05) is 5.92 Å². The summed E-state index contributed by atoms with van der Waals surface area (Å²) in [6.45, 7) is 0. The molecule has 19 heavy (non-hydrogen) atoms. The monoisotopic (exact) mass is 321 g/mol. The van der Waals surface area contributed by atoms with Gasteiger partial charge < -0.3 is 35.5 Å². The largest absolute Gasteiger partial charge is 0.481 e. The number of aliphatic carboxylic acids is 2. The fraction of sp³-hybridized carbons (Fsp3) is 0.667. The predicted molar refractivity (Wildman–Crippen MR) is 59.0 cm³/mol. The summed E-state index contributed by atoms with van der Waals surface area (Å²) in [7, 11) is -11.4. The minimum absolute atomic E-state index is 1.22. The second-order valence-corrected chi connectivity index (χ2v) is 7.77. The molecule has 0 rings (SSSR count). The Balaban J connectivity index is 5.91. The first kappa shape index (κ1) is 18.2. The van der Waals surface area contributed by atoms with Crippen molar-refractivity contribution in [1.29, 1.82) is 0 Å². The molecule has 0 aromatic carbocycles. The van der Waals surface area contributed by atoms with Crippen molar-refractivity contribution in [3.63, 3.8) is 0 Å². The Morgan fingerprint density at radius 3 is 1.37 bits per heavy atom. The molecule has 0 aliphatic rings. The normalized spacial score (nSPS) is 13.6. The molecule has 11 nitrogen and oxygen atoms in total. The average Bonchev–Trinajstić information content (AvgIpc) is 2.09. The molecule has 0 aliphatic carbocycles. The molecule has 0 radical (unpaired) electrons. The van der Waals surface area contributed by atoms with Gasteiger partial charge in [-0.05, 0) is 0 Å². The van der Waals surface area contributed by atoms with E-state index in [-0.39, 0.29) is 0 Å². The van der Waals surface area contributed by atoms with Crippen molar-refractivity contribution in [2.24, 2.45) is 11.7 Å². The second kappa shape index (κ2) is 5.68. The zero-order chi connectivity index (χ0) is 15.6. The van der Waals surface area contributed by atoms with Gasteiger partial charge in [0.25, 0.3) is 0 Å². The van der Waals surface area contributed by atoms with Gasteiger partial charge in [0.1, 0.15) is 0 Å². The third kappa shape index (κ3) is 4.08. The Hall–Kier alpha value is -0.800. The molecule has 0 saturated heterocycles. The van der Waals surface area contributed by atoms with E-state index in [1.807, 2.05) is 0 Å². The van der Waals surface area contributed by atoms with Crippen molar-refractivity contribution in [3.05, 3.63) is 0 Å². The zero-order valence-corrected chi connectivity index (χ0v) is 11.1. The molecular formula is C6H13NO10P2. The zero-order valence-electron chi connectivity index (χ0n) is 9.28. The van der Waals surface area contributed by atoms with E-state index in [0.29, 0.717) is 0 Å². The minimum Gasteiger partial charge on any atom is -0.481 e. The summed E-state index contributed by atoms with van der Waals surface area (Å²) in [6.07, 6.45) is -2.45. The molecular weight excluding hydrogens is 308 g/mol. The molecule has 0 aromatic heterocycles. The maximum absolute atomic E-state index is 11.2. The number of hydrogen-bond acceptors (Lipinski definition) is 5. The van der Waals surface area contributed by atoms with Crippen LogP contribution in [0.3, 0.4) is 0 Å². The van der Waals surface area contributed by atoms with Gasteiger partial charge in [-0.25, -0.2) is 0 Å². The van der Waals surface area contributed by atoms with Crippen LogP contribution in [0.25, 0.3) is 0 Å². The van der Waals surface area contributed by atoms with Crippen LogP contribution in [0.1, 0.15) is 12.8 Å². The van der Waals surface area contributed by atoms with Gasteiger partial charge in [0.15, 0.2) is 0 Å². The lowest BCUT2D eigenvalue weighted by atomic mass is 10.0. The lowest BCUT2D eigenvalue weighted by molar-refractivity contribution is -0.140. The van der Waals surface area contributed by atoms with Crippen molar-refractivity contribution in [2.45, 2.75) is 17.9 Å². The first-order chi connectivity index (χ1) is 8.23. The lowest BCUT2D eigenvalue weighted by Crippen LogP contribution is -2.48. The number of carbonyl (C=O) groups is 2. The second-order valence-electron chi connectivity index (χ2n) is 3.76. The summed E-state index contributed by atoms with van der Waals surface area (Å²) in [5.41, 5.74) is 5.04. The average molecular weight is 321 g/mol. The Kier molecular flexibility index (Phi) is 5.44. The molecule has 13 heteroatoms. The Bertz CT molecular complexity index is 425. The van der Waals surface area contributed by atoms with E-state index in [1.54, 1.807) is 0 Å². The third-order valence-electron chi connectivity index (χ3n) is 2.38. The molecule has 0 fully saturated rings. The summed E-state index contributed by atoms with van der Waals surface area (Å²) in [4.78, 5) is 57.0. The van der Waals surface area contributed by atoms with E-state index in [4.69, 9.17) is 35.5 Å². The topological polar surface area (TPSA) is 216 Å². The van der Waals surface area contributed by atoms with Gasteiger partial charge in [-0.3, -0.25) is 18.7 Å². The van der Waals surface area contributed by atoms with E-state index in [0.717, 1.165) is 0 Å². The van der Waals surface area contributed by atoms with Crippen molar-refractivity contribution >= 4 is 27.1 Å². The smallest absolute Gasteiger partial charge is 0.357 e. The van der Waals surface area contributed by atoms with Crippen LogP contribution in [0.15, 0.2) is 0 Å². The van der Waals surface area contributed by atoms with Gasteiger partial charge in [0.05, 0.1) is 12.8 Å². The molecule has 8 N–H and O–H groups in total. The quantitative estimate of drug-likeness (QED) is 0.268. The maximum atomic E-state index is 11.2. The molecule has 0 saturated carbocycles. The van der Waals surface area contributed by atoms with Crippen LogP contribution in [0.4, 0.5) is 0 Å². The molecule has 0 atom stereocenters. The van der Waals surface area contributed by atoms with Crippen LogP contribution in [-0.2, 0) is 18.7 Å². The van der Waals surface area contributed by atoms with Crippen LogP contribution < -0.4 is 5.73 Å². The number of carboxylic acid groups (broad SMARTS) is 2. The number of nitrogens with two attached hydrogens (primary N) is 1. The predicted octanol–water partition coefficient (Wildman–Crippen LogP) is -1.48. The molecule has 0 heterocycles. The van der Waals surface area contributed by atoms with Gasteiger partial charge in [-0.1, -0.05) is 0 Å². The highest BCUT2D eigenvalue weighted by molar-refractivity contribution is 7.72. The van der Waals surface area contributed by atoms with Crippen molar-refractivity contribution in [1.82, 2.24) is 0 Å². The summed E-state index contributed by atoms with van der Waals surface area (Å²) in [5.74, 6) is -5.56. The van der Waals surface area contributed by atoms with Gasteiger partial charge in [-0.15, -0.1) is 0 Å². The van der Waals surface area contributed by atoms with E-state index in [9.17, 15) is 18.7 Å². The van der Waals surface area contributed by atoms with Crippen molar-refractivity contribution in [3.8, 4) is 0 Å². The number of carboxylic acids is 2. The molecule has 0 spiro atoms. The molecule has 0 bridgehead atoms. The number of hydrogen-bond donors (Lipinski definition) is 7. The highest BCUT2D eigenvalue weighted by atomic mass is 31.2. The van der Waals surface area contributed by atoms with Crippen molar-refractivity contribution < 1.29 is 48.5 Å². The number of rotatable bonds is 7. The van der Waals surface area contributed by atoms with E-state index in [1.165, 1.54) is 0 Å². The highest BCUT2D eigenvalue weighted by Gasteiger charge is 2.62. The van der Waals surface area contributed by atoms with Crippen LogP contribution in [0.5, 0.6) is 0 Å². The standard InChI is InChI=1S/C6H13NO10P2/c7-6(18(12,13)14,19(15,16)17)3(1-4(8)9)2-5(10)11/h3H,1-2,7H2,(H,8,9)(H,10,11)(H2,12,13,14)(H2,15,16,17). The van der Waals surface area contributed by atoms with E-state index < -0.39 is 50.9 Å². The molecule has 112 valence electrons. The van der Waals surface area contributed by atoms with Gasteiger partial charge in [0.2, 0.25) is 5.02 Å². The Morgan fingerprint density at radius 2 is 1.21 bits per heavy atom. The van der Waals surface area contributed by atoms with E-state index >= 15 is 0 Å². The van der Waals surface area contributed by atoms with Crippen LogP contribution in [0, 0.1) is 5.92 Å². The molecule has 0 aromatic rings. The first-order valence-corrected chi connectivity index (χ1v) is 7.79. The summed E-state index contributed by atoms with van der Waals surface area (Å²) in [6, 6.07) is 0. The SMILES string of the molecule is NC(C(CC(=O)O)CC(=O)O)(P(=O)(O)O)P(=O)(O)O. The fourth-order valence-corrected chi connectivity index (χ4v) is 4.11. The summed E-state index contributed by atoms with van der Waals surface area (Å²) >= 11 is 0. The molecule has 0 aliphatic heterocycles. The van der Waals surface area contributed by atoms with Crippen LogP contribution in [-0.4, -0.2) is 46.7 Å². The third-order valence-corrected chi connectivity index (χ3v) is 6.54. The first-order valence-electron chi connectivity index (χ1n) is 4.57. The van der Waals surface area contributed by atoms with Crippen molar-refractivity contribution in [2.75, 3.05) is 0 Å². The lowest BCUT2D eigenvalue weighted by Gasteiger charge is -2.36. The minimum atomic E-state index is -5.69. The Labute approximate surface area is 106 Å². The maximum Gasteiger partial charge on any atom is 0.357 e. The summed E-state index contributed by atoms with van der Waals surface area (Å²) in [5, 5.41) is 13.5. The molecule has 0 amide bonds. The van der Waals surface area contributed by atoms with Crippen LogP contribution in [0.2, 0.25) is 0 Å². The highest BCUT2D eigenvalue weighted by Crippen LogP contribution is 2.69.